The Hall–Kier alpha value is -6.71. The number of hydrogen-bond acceptors (Lipinski definition) is 3. The van der Waals surface area contributed by atoms with Crippen LogP contribution < -0.4 is 0 Å². The van der Waals surface area contributed by atoms with E-state index in [-0.39, 0.29) is 5.41 Å². The monoisotopic (exact) mass is 677 g/mol. The molecule has 3 heteroatoms. The largest absolute Gasteiger partial charge is 0.264 e. The van der Waals surface area contributed by atoms with E-state index < -0.39 is 0 Å². The predicted molar refractivity (Wildman–Crippen MR) is 220 cm³/mol. The van der Waals surface area contributed by atoms with Gasteiger partial charge in [-0.15, -0.1) is 0 Å². The lowest BCUT2D eigenvalue weighted by molar-refractivity contribution is 0.666. The molecule has 1 aliphatic rings. The van der Waals surface area contributed by atoms with Gasteiger partial charge in [-0.3, -0.25) is 4.98 Å². The van der Waals surface area contributed by atoms with Gasteiger partial charge in [-0.05, 0) is 90.8 Å². The van der Waals surface area contributed by atoms with Crippen molar-refractivity contribution in [2.24, 2.45) is 0 Å². The maximum Gasteiger partial charge on any atom is 0.161 e. The number of hydrogen-bond donors (Lipinski definition) is 0. The topological polar surface area (TPSA) is 38.7 Å². The molecular formula is C50H35N3. The van der Waals surface area contributed by atoms with Gasteiger partial charge in [-0.1, -0.05) is 147 Å². The molecule has 0 fully saturated rings. The Morgan fingerprint density at radius 3 is 1.87 bits per heavy atom. The van der Waals surface area contributed by atoms with Crippen molar-refractivity contribution >= 4 is 21.5 Å². The SMILES string of the molecule is CC1(C)c2cc(-c3ccc(-c4nc(-c5ccccc5)cc(-c5cccc(-c6cccnc6)c5)n4)c4ccccc34)ccc2-c2ccc3ccccc3c21. The van der Waals surface area contributed by atoms with E-state index in [2.05, 4.69) is 170 Å². The molecule has 0 atom stereocenters. The van der Waals surface area contributed by atoms with Crippen molar-refractivity contribution in [2.45, 2.75) is 19.3 Å². The van der Waals surface area contributed by atoms with Crippen LogP contribution in [0.3, 0.4) is 0 Å². The maximum atomic E-state index is 5.27. The lowest BCUT2D eigenvalue weighted by atomic mass is 9.79. The van der Waals surface area contributed by atoms with Crippen molar-refractivity contribution < 1.29 is 0 Å². The molecule has 10 rings (SSSR count). The summed E-state index contributed by atoms with van der Waals surface area (Å²) in [5.41, 5.74) is 14.8. The van der Waals surface area contributed by atoms with Crippen molar-refractivity contribution in [3.05, 3.63) is 187 Å². The van der Waals surface area contributed by atoms with Crippen LogP contribution in [0.4, 0.5) is 0 Å². The summed E-state index contributed by atoms with van der Waals surface area (Å²) in [7, 11) is 0. The van der Waals surface area contributed by atoms with Crippen LogP contribution in [0.15, 0.2) is 176 Å². The lowest BCUT2D eigenvalue weighted by Gasteiger charge is -2.24. The lowest BCUT2D eigenvalue weighted by Crippen LogP contribution is -2.15. The summed E-state index contributed by atoms with van der Waals surface area (Å²) in [4.78, 5) is 14.8. The third kappa shape index (κ3) is 5.16. The van der Waals surface area contributed by atoms with Crippen molar-refractivity contribution in [1.29, 1.82) is 0 Å². The van der Waals surface area contributed by atoms with Crippen LogP contribution in [-0.4, -0.2) is 15.0 Å². The second-order valence-electron chi connectivity index (χ2n) is 14.5. The summed E-state index contributed by atoms with van der Waals surface area (Å²) in [5.74, 6) is 0.702. The fourth-order valence-electron chi connectivity index (χ4n) is 8.38. The van der Waals surface area contributed by atoms with E-state index >= 15 is 0 Å². The van der Waals surface area contributed by atoms with Crippen molar-refractivity contribution in [1.82, 2.24) is 15.0 Å². The molecular weight excluding hydrogens is 643 g/mol. The molecule has 2 heterocycles. The molecule has 2 aromatic heterocycles. The molecule has 0 N–H and O–H groups in total. The minimum Gasteiger partial charge on any atom is -0.264 e. The molecule has 1 aliphatic carbocycles. The molecule has 3 nitrogen and oxygen atoms in total. The number of pyridine rings is 1. The van der Waals surface area contributed by atoms with Crippen molar-refractivity contribution in [3.8, 4) is 67.3 Å². The van der Waals surface area contributed by atoms with Crippen LogP contribution >= 0.6 is 0 Å². The quantitative estimate of drug-likeness (QED) is 0.182. The Morgan fingerprint density at radius 1 is 0.415 bits per heavy atom. The summed E-state index contributed by atoms with van der Waals surface area (Å²) in [6, 6.07) is 58.6. The van der Waals surface area contributed by atoms with Gasteiger partial charge in [-0.2, -0.15) is 0 Å². The van der Waals surface area contributed by atoms with E-state index in [1.54, 1.807) is 6.20 Å². The Morgan fingerprint density at radius 2 is 1.06 bits per heavy atom. The van der Waals surface area contributed by atoms with Crippen molar-refractivity contribution in [3.63, 3.8) is 0 Å². The van der Waals surface area contributed by atoms with Crippen LogP contribution in [0.1, 0.15) is 25.0 Å². The average molecular weight is 678 g/mol. The van der Waals surface area contributed by atoms with Gasteiger partial charge in [0.25, 0.3) is 0 Å². The van der Waals surface area contributed by atoms with Gasteiger partial charge in [-0.25, -0.2) is 9.97 Å². The van der Waals surface area contributed by atoms with Crippen LogP contribution in [0.5, 0.6) is 0 Å². The molecule has 7 aromatic carbocycles. The fraction of sp³-hybridized carbons (Fsp3) is 0.0600. The van der Waals surface area contributed by atoms with Gasteiger partial charge in [0.15, 0.2) is 5.82 Å². The van der Waals surface area contributed by atoms with E-state index in [0.29, 0.717) is 5.82 Å². The molecule has 0 aliphatic heterocycles. The number of fused-ring (bicyclic) bond motifs is 6. The van der Waals surface area contributed by atoms with E-state index in [9.17, 15) is 0 Å². The smallest absolute Gasteiger partial charge is 0.161 e. The molecule has 0 unspecified atom stereocenters. The highest BCUT2D eigenvalue weighted by Crippen LogP contribution is 2.52. The van der Waals surface area contributed by atoms with Crippen LogP contribution in [-0.2, 0) is 5.41 Å². The highest BCUT2D eigenvalue weighted by molar-refractivity contribution is 6.05. The summed E-state index contributed by atoms with van der Waals surface area (Å²) in [5, 5.41) is 4.93. The highest BCUT2D eigenvalue weighted by Gasteiger charge is 2.37. The molecule has 0 bridgehead atoms. The second-order valence-corrected chi connectivity index (χ2v) is 14.5. The first-order valence-corrected chi connectivity index (χ1v) is 18.2. The summed E-state index contributed by atoms with van der Waals surface area (Å²) in [6.45, 7) is 4.74. The third-order valence-electron chi connectivity index (χ3n) is 11.0. The number of nitrogens with zero attached hydrogens (tertiary/aromatic N) is 3. The van der Waals surface area contributed by atoms with Gasteiger partial charge in [0.2, 0.25) is 0 Å². The number of aromatic nitrogens is 3. The molecule has 250 valence electrons. The van der Waals surface area contributed by atoms with E-state index in [4.69, 9.17) is 9.97 Å². The highest BCUT2D eigenvalue weighted by atomic mass is 14.9. The van der Waals surface area contributed by atoms with Crippen molar-refractivity contribution in [2.75, 3.05) is 0 Å². The first kappa shape index (κ1) is 31.1. The standard InChI is InChI=1S/C50H35N3/c1-50(2)45-29-35(22-23-42(45)43-24-21-32-12-6-7-18-39(32)48(43)50)38-25-26-44(41-20-9-8-19-40(38)41)49-52-46(33-13-4-3-5-14-33)30-47(53-49)36-16-10-15-34(28-36)37-17-11-27-51-31-37/h3-31H,1-2H3. The molecule has 0 radical (unpaired) electrons. The van der Waals surface area contributed by atoms with E-state index in [1.807, 2.05) is 18.3 Å². The molecule has 9 aromatic rings. The summed E-state index contributed by atoms with van der Waals surface area (Å²) in [6.07, 6.45) is 3.70. The van der Waals surface area contributed by atoms with Gasteiger partial charge in [0, 0.05) is 40.1 Å². The molecule has 0 spiro atoms. The van der Waals surface area contributed by atoms with Gasteiger partial charge in [0.05, 0.1) is 11.4 Å². The van der Waals surface area contributed by atoms with Crippen LogP contribution in [0, 0.1) is 0 Å². The van der Waals surface area contributed by atoms with E-state index in [1.165, 1.54) is 49.5 Å². The Labute approximate surface area is 309 Å². The Balaban J connectivity index is 1.12. The zero-order chi connectivity index (χ0) is 35.5. The zero-order valence-corrected chi connectivity index (χ0v) is 29.6. The minimum atomic E-state index is -0.131. The zero-order valence-electron chi connectivity index (χ0n) is 29.6. The normalized spacial score (nSPS) is 12.9. The van der Waals surface area contributed by atoms with Gasteiger partial charge < -0.3 is 0 Å². The number of benzene rings is 7. The molecule has 0 saturated heterocycles. The van der Waals surface area contributed by atoms with Crippen LogP contribution in [0.25, 0.3) is 88.8 Å². The Bertz CT molecular complexity index is 2860. The molecule has 0 amide bonds. The summed E-state index contributed by atoms with van der Waals surface area (Å²) < 4.78 is 0. The maximum absolute atomic E-state index is 5.27. The Kier molecular flexibility index (Phi) is 7.16. The van der Waals surface area contributed by atoms with Gasteiger partial charge >= 0.3 is 0 Å². The second kappa shape index (κ2) is 12.2. The predicted octanol–water partition coefficient (Wildman–Crippen LogP) is 12.8. The fourth-order valence-corrected chi connectivity index (χ4v) is 8.38. The summed E-state index contributed by atoms with van der Waals surface area (Å²) >= 11 is 0. The van der Waals surface area contributed by atoms with Gasteiger partial charge in [0.1, 0.15) is 0 Å². The first-order valence-electron chi connectivity index (χ1n) is 18.2. The minimum absolute atomic E-state index is 0.131. The first-order chi connectivity index (χ1) is 26.0. The van der Waals surface area contributed by atoms with E-state index in [0.717, 1.165) is 44.6 Å². The number of rotatable bonds is 5. The average Bonchev–Trinajstić information content (AvgIpc) is 3.46. The molecule has 0 saturated carbocycles. The van der Waals surface area contributed by atoms with Crippen LogP contribution in [0.2, 0.25) is 0 Å². The molecule has 53 heavy (non-hydrogen) atoms. The third-order valence-corrected chi connectivity index (χ3v) is 11.0.